The van der Waals surface area contributed by atoms with Crippen molar-refractivity contribution >= 4 is 10.0 Å². The Hall–Kier alpha value is -0.910. The van der Waals surface area contributed by atoms with Crippen LogP contribution in [-0.2, 0) is 15.8 Å². The standard InChI is InChI=1S/C16H25NO3S/c18-12-11-16(9-5-2-6-10-16)14-17-21(19,20)13-15-7-3-1-4-8-15/h1,3-4,7-8,17-18H,2,5-6,9-14H2. The van der Waals surface area contributed by atoms with E-state index in [0.29, 0.717) is 13.0 Å². The summed E-state index contributed by atoms with van der Waals surface area (Å²) in [5.74, 6) is 0.0169. The van der Waals surface area contributed by atoms with Crippen molar-refractivity contribution in [2.45, 2.75) is 44.3 Å². The molecule has 0 aromatic heterocycles. The molecule has 0 amide bonds. The summed E-state index contributed by atoms with van der Waals surface area (Å²) >= 11 is 0. The Morgan fingerprint density at radius 3 is 2.38 bits per heavy atom. The highest BCUT2D eigenvalue weighted by Crippen LogP contribution is 2.38. The summed E-state index contributed by atoms with van der Waals surface area (Å²) in [6.07, 6.45) is 6.15. The zero-order valence-electron chi connectivity index (χ0n) is 12.4. The van der Waals surface area contributed by atoms with Gasteiger partial charge < -0.3 is 5.11 Å². The lowest BCUT2D eigenvalue weighted by molar-refractivity contribution is 0.133. The molecule has 1 fully saturated rings. The zero-order chi connectivity index (χ0) is 15.2. The Kier molecular flexibility index (Phi) is 5.79. The summed E-state index contributed by atoms with van der Waals surface area (Å²) in [7, 11) is -3.32. The van der Waals surface area contributed by atoms with Crippen LogP contribution in [0.3, 0.4) is 0 Å². The van der Waals surface area contributed by atoms with Gasteiger partial charge in [0.05, 0.1) is 5.75 Å². The SMILES string of the molecule is O=S(=O)(Cc1ccccc1)NCC1(CCO)CCCCC1. The number of sulfonamides is 1. The largest absolute Gasteiger partial charge is 0.396 e. The van der Waals surface area contributed by atoms with Crippen molar-refractivity contribution in [1.82, 2.24) is 4.72 Å². The first kappa shape index (κ1) is 16.5. The van der Waals surface area contributed by atoms with E-state index in [-0.39, 0.29) is 17.8 Å². The molecule has 1 aliphatic rings. The van der Waals surface area contributed by atoms with Gasteiger partial charge in [-0.2, -0.15) is 0 Å². The monoisotopic (exact) mass is 311 g/mol. The highest BCUT2D eigenvalue weighted by Gasteiger charge is 2.32. The number of aliphatic hydroxyl groups excluding tert-OH is 1. The quantitative estimate of drug-likeness (QED) is 0.813. The van der Waals surface area contributed by atoms with E-state index in [1.165, 1.54) is 6.42 Å². The third kappa shape index (κ3) is 5.09. The second-order valence-electron chi connectivity index (χ2n) is 6.10. The number of hydrogen-bond acceptors (Lipinski definition) is 3. The molecule has 2 rings (SSSR count). The molecule has 2 N–H and O–H groups in total. The van der Waals surface area contributed by atoms with Gasteiger partial charge in [0.2, 0.25) is 10.0 Å². The molecule has 1 aromatic rings. The Morgan fingerprint density at radius 2 is 1.76 bits per heavy atom. The summed E-state index contributed by atoms with van der Waals surface area (Å²) in [4.78, 5) is 0. The second kappa shape index (κ2) is 7.38. The van der Waals surface area contributed by atoms with Gasteiger partial charge in [0.1, 0.15) is 0 Å². The summed E-state index contributed by atoms with van der Waals surface area (Å²) in [5, 5.41) is 9.27. The third-order valence-corrected chi connectivity index (χ3v) is 5.72. The van der Waals surface area contributed by atoms with E-state index in [0.717, 1.165) is 31.2 Å². The fraction of sp³-hybridized carbons (Fsp3) is 0.625. The van der Waals surface area contributed by atoms with Crippen LogP contribution < -0.4 is 4.72 Å². The predicted octanol–water partition coefficient (Wildman–Crippen LogP) is 2.44. The van der Waals surface area contributed by atoms with E-state index in [4.69, 9.17) is 0 Å². The average molecular weight is 311 g/mol. The summed E-state index contributed by atoms with van der Waals surface area (Å²) < 4.78 is 27.2. The normalized spacial score (nSPS) is 18.5. The topological polar surface area (TPSA) is 66.4 Å². The van der Waals surface area contributed by atoms with Gasteiger partial charge in [0, 0.05) is 13.2 Å². The van der Waals surface area contributed by atoms with Crippen LogP contribution in [-0.4, -0.2) is 26.7 Å². The first-order valence-corrected chi connectivity index (χ1v) is 9.33. The lowest BCUT2D eigenvalue weighted by Crippen LogP contribution is -2.40. The summed E-state index contributed by atoms with van der Waals surface area (Å²) in [6.45, 7) is 0.573. The number of rotatable bonds is 7. The van der Waals surface area contributed by atoms with E-state index in [9.17, 15) is 13.5 Å². The lowest BCUT2D eigenvalue weighted by Gasteiger charge is -2.37. The molecule has 0 atom stereocenters. The van der Waals surface area contributed by atoms with Crippen molar-refractivity contribution < 1.29 is 13.5 Å². The zero-order valence-corrected chi connectivity index (χ0v) is 13.2. The second-order valence-corrected chi connectivity index (χ2v) is 7.91. The average Bonchev–Trinajstić information content (AvgIpc) is 2.47. The van der Waals surface area contributed by atoms with E-state index in [1.807, 2.05) is 30.3 Å². The van der Waals surface area contributed by atoms with Crippen molar-refractivity contribution in [2.24, 2.45) is 5.41 Å². The maximum atomic E-state index is 12.2. The van der Waals surface area contributed by atoms with Gasteiger partial charge >= 0.3 is 0 Å². The molecule has 1 saturated carbocycles. The minimum atomic E-state index is -3.32. The van der Waals surface area contributed by atoms with E-state index < -0.39 is 10.0 Å². The van der Waals surface area contributed by atoms with Gasteiger partial charge in [-0.15, -0.1) is 0 Å². The van der Waals surface area contributed by atoms with Crippen molar-refractivity contribution in [1.29, 1.82) is 0 Å². The Labute approximate surface area is 127 Å². The van der Waals surface area contributed by atoms with Crippen LogP contribution in [0, 0.1) is 5.41 Å². The molecular formula is C16H25NO3S. The maximum Gasteiger partial charge on any atom is 0.215 e. The Bertz CT molecular complexity index is 516. The number of aliphatic hydroxyl groups is 1. The molecule has 0 heterocycles. The fourth-order valence-corrected chi connectivity index (χ4v) is 4.42. The molecule has 118 valence electrons. The minimum Gasteiger partial charge on any atom is -0.396 e. The number of hydrogen-bond donors (Lipinski definition) is 2. The van der Waals surface area contributed by atoms with Crippen molar-refractivity contribution in [3.05, 3.63) is 35.9 Å². The smallest absolute Gasteiger partial charge is 0.215 e. The van der Waals surface area contributed by atoms with Gasteiger partial charge in [-0.1, -0.05) is 49.6 Å². The highest BCUT2D eigenvalue weighted by molar-refractivity contribution is 7.88. The predicted molar refractivity (Wildman–Crippen MR) is 84.3 cm³/mol. The Morgan fingerprint density at radius 1 is 1.10 bits per heavy atom. The third-order valence-electron chi connectivity index (χ3n) is 4.42. The van der Waals surface area contributed by atoms with Gasteiger partial charge in [-0.05, 0) is 30.2 Å². The van der Waals surface area contributed by atoms with Gasteiger partial charge in [0.15, 0.2) is 0 Å². The number of benzene rings is 1. The first-order valence-electron chi connectivity index (χ1n) is 7.67. The summed E-state index contributed by atoms with van der Waals surface area (Å²) in [5.41, 5.74) is 0.737. The van der Waals surface area contributed by atoms with E-state index >= 15 is 0 Å². The van der Waals surface area contributed by atoms with Crippen LogP contribution in [0.2, 0.25) is 0 Å². The van der Waals surface area contributed by atoms with E-state index in [2.05, 4.69) is 4.72 Å². The lowest BCUT2D eigenvalue weighted by atomic mass is 9.72. The molecule has 1 aliphatic carbocycles. The fourth-order valence-electron chi connectivity index (χ4n) is 3.16. The van der Waals surface area contributed by atoms with Crippen LogP contribution in [0.4, 0.5) is 0 Å². The molecule has 5 heteroatoms. The first-order chi connectivity index (χ1) is 10.1. The highest BCUT2D eigenvalue weighted by atomic mass is 32.2. The van der Waals surface area contributed by atoms with Gasteiger partial charge in [-0.25, -0.2) is 13.1 Å². The van der Waals surface area contributed by atoms with Crippen LogP contribution in [0.15, 0.2) is 30.3 Å². The van der Waals surface area contributed by atoms with E-state index in [1.54, 1.807) is 0 Å². The molecule has 0 saturated heterocycles. The Balaban J connectivity index is 1.96. The van der Waals surface area contributed by atoms with Crippen molar-refractivity contribution in [2.75, 3.05) is 13.2 Å². The molecule has 21 heavy (non-hydrogen) atoms. The van der Waals surface area contributed by atoms with Gasteiger partial charge in [-0.3, -0.25) is 0 Å². The molecule has 0 bridgehead atoms. The molecule has 0 unspecified atom stereocenters. The van der Waals surface area contributed by atoms with Crippen LogP contribution in [0.1, 0.15) is 44.1 Å². The molecule has 4 nitrogen and oxygen atoms in total. The maximum absolute atomic E-state index is 12.2. The molecule has 1 aromatic carbocycles. The van der Waals surface area contributed by atoms with Gasteiger partial charge in [0.25, 0.3) is 0 Å². The molecule has 0 radical (unpaired) electrons. The van der Waals surface area contributed by atoms with Crippen molar-refractivity contribution in [3.8, 4) is 0 Å². The van der Waals surface area contributed by atoms with Crippen molar-refractivity contribution in [3.63, 3.8) is 0 Å². The molecule has 0 aliphatic heterocycles. The van der Waals surface area contributed by atoms with Crippen LogP contribution in [0.5, 0.6) is 0 Å². The minimum absolute atomic E-state index is 0.0169. The van der Waals surface area contributed by atoms with Crippen LogP contribution in [0.25, 0.3) is 0 Å². The number of nitrogens with one attached hydrogen (secondary N) is 1. The van der Waals surface area contributed by atoms with Crippen LogP contribution >= 0.6 is 0 Å². The summed E-state index contributed by atoms with van der Waals surface area (Å²) in [6, 6.07) is 9.22. The molecule has 0 spiro atoms. The molecular weight excluding hydrogens is 286 g/mol.